The Morgan fingerprint density at radius 2 is 1.19 bits per heavy atom. The van der Waals surface area contributed by atoms with E-state index < -0.39 is 5.92 Å². The van der Waals surface area contributed by atoms with Gasteiger partial charge in [0.25, 0.3) is 0 Å². The highest BCUT2D eigenvalue weighted by Crippen LogP contribution is 2.28. The van der Waals surface area contributed by atoms with Crippen LogP contribution in [0.15, 0.2) is 91.0 Å². The molecule has 1 saturated heterocycles. The lowest BCUT2D eigenvalue weighted by atomic mass is 9.91. The van der Waals surface area contributed by atoms with Crippen LogP contribution in [0.3, 0.4) is 0 Å². The lowest BCUT2D eigenvalue weighted by molar-refractivity contribution is -0.146. The van der Waals surface area contributed by atoms with Crippen LogP contribution < -0.4 is 0 Å². The van der Waals surface area contributed by atoms with E-state index in [1.807, 2.05) is 66.7 Å². The first-order valence-electron chi connectivity index (χ1n) is 11.0. The topological polar surface area (TPSA) is 32.8 Å². The molecule has 0 saturated carbocycles. The maximum Gasteiger partial charge on any atom is 0.317 e. The first-order chi connectivity index (χ1) is 15.2. The minimum Gasteiger partial charge on any atom is -0.463 e. The predicted molar refractivity (Wildman–Crippen MR) is 124 cm³/mol. The van der Waals surface area contributed by atoms with Gasteiger partial charge in [0.15, 0.2) is 0 Å². The fourth-order valence-corrected chi connectivity index (χ4v) is 4.22. The second-order valence-corrected chi connectivity index (χ2v) is 8.15. The Balaban J connectivity index is 1.54. The minimum atomic E-state index is -0.425. The quantitative estimate of drug-likeness (QED) is 0.538. The van der Waals surface area contributed by atoms with E-state index in [2.05, 4.69) is 41.1 Å². The van der Waals surface area contributed by atoms with E-state index in [1.54, 1.807) is 0 Å². The molecule has 4 rings (SSSR count). The van der Waals surface area contributed by atoms with E-state index in [0.29, 0.717) is 6.61 Å². The Labute approximate surface area is 185 Å². The summed E-state index contributed by atoms with van der Waals surface area (Å²) in [6, 6.07) is 30.2. The molecule has 0 aliphatic carbocycles. The Morgan fingerprint density at radius 3 is 1.68 bits per heavy atom. The van der Waals surface area contributed by atoms with Gasteiger partial charge in [-0.05, 0) is 23.7 Å². The Kier molecular flexibility index (Phi) is 7.13. The van der Waals surface area contributed by atoms with Gasteiger partial charge < -0.3 is 9.64 Å². The molecule has 0 radical (unpaired) electrons. The van der Waals surface area contributed by atoms with Crippen LogP contribution in [-0.4, -0.2) is 55.6 Å². The highest BCUT2D eigenvalue weighted by molar-refractivity contribution is 5.82. The third-order valence-corrected chi connectivity index (χ3v) is 6.05. The van der Waals surface area contributed by atoms with E-state index >= 15 is 0 Å². The molecule has 3 aromatic rings. The molecule has 31 heavy (non-hydrogen) atoms. The van der Waals surface area contributed by atoms with Crippen molar-refractivity contribution in [2.24, 2.45) is 0 Å². The van der Waals surface area contributed by atoms with E-state index in [4.69, 9.17) is 4.74 Å². The summed E-state index contributed by atoms with van der Waals surface area (Å²) in [5.74, 6) is -0.626. The van der Waals surface area contributed by atoms with Gasteiger partial charge >= 0.3 is 5.97 Å². The van der Waals surface area contributed by atoms with Crippen LogP contribution in [-0.2, 0) is 9.53 Å². The molecule has 1 unspecified atom stereocenters. The number of nitrogens with zero attached hydrogens (tertiary/aromatic N) is 2. The van der Waals surface area contributed by atoms with Crippen molar-refractivity contribution < 1.29 is 9.53 Å². The van der Waals surface area contributed by atoms with Crippen molar-refractivity contribution in [2.45, 2.75) is 12.0 Å². The molecule has 1 atom stereocenters. The molecule has 4 nitrogen and oxygen atoms in total. The summed E-state index contributed by atoms with van der Waals surface area (Å²) in [6.07, 6.45) is 0. The standard InChI is InChI=1S/C27H30N2O2/c1-28-17-19-29(20-18-28)25(22-11-5-2-6-12-22)21-31-27(30)26(23-13-7-3-8-14-23)24-15-9-4-10-16-24/h2-16,25-26H,17-21H2,1H3. The second-order valence-electron chi connectivity index (χ2n) is 8.15. The molecular formula is C27H30N2O2. The normalized spacial score (nSPS) is 16.2. The van der Waals surface area contributed by atoms with Crippen molar-refractivity contribution in [3.8, 4) is 0 Å². The summed E-state index contributed by atoms with van der Waals surface area (Å²) in [4.78, 5) is 18.1. The molecule has 1 fully saturated rings. The van der Waals surface area contributed by atoms with Crippen molar-refractivity contribution in [1.82, 2.24) is 9.80 Å². The SMILES string of the molecule is CN1CCN(C(COC(=O)C(c2ccccc2)c2ccccc2)c2ccccc2)CC1. The Bertz CT molecular complexity index is 899. The van der Waals surface area contributed by atoms with Crippen molar-refractivity contribution >= 4 is 5.97 Å². The monoisotopic (exact) mass is 414 g/mol. The van der Waals surface area contributed by atoms with Crippen molar-refractivity contribution in [2.75, 3.05) is 39.8 Å². The van der Waals surface area contributed by atoms with Crippen LogP contribution in [0.25, 0.3) is 0 Å². The maximum atomic E-state index is 13.4. The van der Waals surface area contributed by atoms with E-state index in [9.17, 15) is 4.79 Å². The van der Waals surface area contributed by atoms with Gasteiger partial charge in [0, 0.05) is 26.2 Å². The molecule has 1 aliphatic heterocycles. The smallest absolute Gasteiger partial charge is 0.317 e. The van der Waals surface area contributed by atoms with E-state index in [-0.39, 0.29) is 12.0 Å². The molecule has 0 N–H and O–H groups in total. The largest absolute Gasteiger partial charge is 0.463 e. The number of carbonyl (C=O) groups is 1. The Hall–Kier alpha value is -2.95. The van der Waals surface area contributed by atoms with Crippen LogP contribution in [0.2, 0.25) is 0 Å². The zero-order valence-electron chi connectivity index (χ0n) is 18.1. The molecule has 0 amide bonds. The zero-order valence-corrected chi connectivity index (χ0v) is 18.1. The van der Waals surface area contributed by atoms with Crippen molar-refractivity contribution in [1.29, 1.82) is 0 Å². The number of piperazine rings is 1. The number of ether oxygens (including phenoxy) is 1. The molecule has 160 valence electrons. The van der Waals surface area contributed by atoms with Gasteiger partial charge in [-0.1, -0.05) is 91.0 Å². The number of benzene rings is 3. The predicted octanol–water partition coefficient (Wildman–Crippen LogP) is 4.35. The average molecular weight is 415 g/mol. The average Bonchev–Trinajstić information content (AvgIpc) is 2.83. The first-order valence-corrected chi connectivity index (χ1v) is 11.0. The third-order valence-electron chi connectivity index (χ3n) is 6.05. The summed E-state index contributed by atoms with van der Waals surface area (Å²) in [5.41, 5.74) is 3.10. The van der Waals surface area contributed by atoms with Gasteiger partial charge in [-0.3, -0.25) is 9.69 Å². The van der Waals surface area contributed by atoms with Gasteiger partial charge in [0.1, 0.15) is 12.5 Å². The number of hydrogen-bond donors (Lipinski definition) is 0. The van der Waals surface area contributed by atoms with Crippen molar-refractivity contribution in [3.05, 3.63) is 108 Å². The molecule has 0 aromatic heterocycles. The number of rotatable bonds is 7. The van der Waals surface area contributed by atoms with E-state index in [0.717, 1.165) is 37.3 Å². The maximum absolute atomic E-state index is 13.4. The van der Waals surface area contributed by atoms with Gasteiger partial charge in [0.05, 0.1) is 6.04 Å². The summed E-state index contributed by atoms with van der Waals surface area (Å²) in [7, 11) is 2.15. The molecule has 1 aliphatic rings. The van der Waals surface area contributed by atoms with Crippen LogP contribution in [0, 0.1) is 0 Å². The van der Waals surface area contributed by atoms with Crippen LogP contribution >= 0.6 is 0 Å². The summed E-state index contributed by atoms with van der Waals surface area (Å²) < 4.78 is 6.02. The summed E-state index contributed by atoms with van der Waals surface area (Å²) in [6.45, 7) is 4.33. The summed E-state index contributed by atoms with van der Waals surface area (Å²) >= 11 is 0. The molecular weight excluding hydrogens is 384 g/mol. The molecule has 0 spiro atoms. The highest BCUT2D eigenvalue weighted by atomic mass is 16.5. The van der Waals surface area contributed by atoms with Crippen molar-refractivity contribution in [3.63, 3.8) is 0 Å². The van der Waals surface area contributed by atoms with Crippen LogP contribution in [0.1, 0.15) is 28.7 Å². The number of esters is 1. The fourth-order valence-electron chi connectivity index (χ4n) is 4.22. The Morgan fingerprint density at radius 1 is 0.742 bits per heavy atom. The third kappa shape index (κ3) is 5.40. The van der Waals surface area contributed by atoms with Gasteiger partial charge in [-0.25, -0.2) is 0 Å². The lowest BCUT2D eigenvalue weighted by Crippen LogP contribution is -2.47. The number of likely N-dealkylation sites (N-methyl/N-ethyl adjacent to an activating group) is 1. The molecule has 1 heterocycles. The second kappa shape index (κ2) is 10.4. The fraction of sp³-hybridized carbons (Fsp3) is 0.296. The highest BCUT2D eigenvalue weighted by Gasteiger charge is 2.28. The number of hydrogen-bond acceptors (Lipinski definition) is 4. The molecule has 3 aromatic carbocycles. The van der Waals surface area contributed by atoms with Gasteiger partial charge in [-0.2, -0.15) is 0 Å². The van der Waals surface area contributed by atoms with Gasteiger partial charge in [0.2, 0.25) is 0 Å². The van der Waals surface area contributed by atoms with Crippen LogP contribution in [0.5, 0.6) is 0 Å². The van der Waals surface area contributed by atoms with E-state index in [1.165, 1.54) is 5.56 Å². The molecule has 4 heteroatoms. The lowest BCUT2D eigenvalue weighted by Gasteiger charge is -2.38. The minimum absolute atomic E-state index is 0.0612. The summed E-state index contributed by atoms with van der Waals surface area (Å²) in [5, 5.41) is 0. The first kappa shape index (κ1) is 21.3. The molecule has 0 bridgehead atoms. The number of carbonyl (C=O) groups excluding carboxylic acids is 1. The zero-order chi connectivity index (χ0) is 21.5. The van der Waals surface area contributed by atoms with Gasteiger partial charge in [-0.15, -0.1) is 0 Å². The van der Waals surface area contributed by atoms with Crippen LogP contribution in [0.4, 0.5) is 0 Å².